The Hall–Kier alpha value is -4.36. The minimum absolute atomic E-state index is 0.0122. The normalized spacial score (nSPS) is 13.8. The van der Waals surface area contributed by atoms with E-state index in [0.29, 0.717) is 54.0 Å². The number of Topliss-reactive ketones (excluding diaryl/α,β-unsaturated/α-hetero) is 2. The third kappa shape index (κ3) is 6.10. The first-order chi connectivity index (χ1) is 19.3. The van der Waals surface area contributed by atoms with Crippen LogP contribution in [0.3, 0.4) is 0 Å². The summed E-state index contributed by atoms with van der Waals surface area (Å²) >= 11 is 0. The van der Waals surface area contributed by atoms with Gasteiger partial charge in [-0.05, 0) is 54.3 Å². The predicted molar refractivity (Wildman–Crippen MR) is 152 cm³/mol. The molecule has 0 bridgehead atoms. The number of carbonyl (C=O) groups excluding carboxylic acids is 3. The summed E-state index contributed by atoms with van der Waals surface area (Å²) in [6.07, 6.45) is 3.03. The van der Waals surface area contributed by atoms with Gasteiger partial charge in [-0.25, -0.2) is 4.39 Å². The van der Waals surface area contributed by atoms with Gasteiger partial charge in [0, 0.05) is 55.9 Å². The number of benzene rings is 3. The number of anilines is 1. The van der Waals surface area contributed by atoms with Crippen LogP contribution in [-0.4, -0.2) is 46.2 Å². The van der Waals surface area contributed by atoms with Crippen LogP contribution < -0.4 is 4.90 Å². The van der Waals surface area contributed by atoms with Crippen molar-refractivity contribution in [1.82, 2.24) is 4.57 Å². The third-order valence-electron chi connectivity index (χ3n) is 7.47. The molecule has 1 N–H and O–H groups in total. The number of aliphatic hydroxyl groups excluding tert-OH is 1. The topological polar surface area (TPSA) is 79.6 Å². The van der Waals surface area contributed by atoms with E-state index in [4.69, 9.17) is 0 Å². The van der Waals surface area contributed by atoms with Gasteiger partial charge in [0.1, 0.15) is 5.82 Å². The SMILES string of the molecule is Cn1cccc1C(=O)Cc1ccc(C(=O)c2ccc(CC(=O)c3ccc(N4CCC(O)CC4)c(F)c3)cc2)cc1. The first-order valence-corrected chi connectivity index (χ1v) is 13.4. The highest BCUT2D eigenvalue weighted by Gasteiger charge is 2.21. The molecule has 0 unspecified atom stereocenters. The van der Waals surface area contributed by atoms with Gasteiger partial charge in [-0.15, -0.1) is 0 Å². The van der Waals surface area contributed by atoms with E-state index in [9.17, 15) is 23.9 Å². The van der Waals surface area contributed by atoms with Crippen molar-refractivity contribution in [3.8, 4) is 0 Å². The third-order valence-corrected chi connectivity index (χ3v) is 7.47. The Labute approximate surface area is 232 Å². The summed E-state index contributed by atoms with van der Waals surface area (Å²) in [7, 11) is 1.83. The average molecular weight is 539 g/mol. The van der Waals surface area contributed by atoms with Crippen LogP contribution in [0.4, 0.5) is 10.1 Å². The van der Waals surface area contributed by atoms with Gasteiger partial charge >= 0.3 is 0 Å². The number of carbonyl (C=O) groups is 3. The summed E-state index contributed by atoms with van der Waals surface area (Å²) in [6, 6.07) is 22.0. The van der Waals surface area contributed by atoms with E-state index < -0.39 is 5.82 Å². The lowest BCUT2D eigenvalue weighted by Crippen LogP contribution is -2.36. The molecular formula is C33H31FN2O4. The van der Waals surface area contributed by atoms with Gasteiger partial charge in [-0.3, -0.25) is 14.4 Å². The van der Waals surface area contributed by atoms with Crippen LogP contribution in [-0.2, 0) is 19.9 Å². The molecule has 40 heavy (non-hydrogen) atoms. The lowest BCUT2D eigenvalue weighted by atomic mass is 9.97. The Balaban J connectivity index is 1.19. The van der Waals surface area contributed by atoms with E-state index in [1.807, 2.05) is 24.2 Å². The number of aliphatic hydroxyl groups is 1. The Bertz CT molecular complexity index is 1530. The zero-order valence-electron chi connectivity index (χ0n) is 22.3. The van der Waals surface area contributed by atoms with Crippen molar-refractivity contribution in [3.05, 3.63) is 124 Å². The highest BCUT2D eigenvalue weighted by Crippen LogP contribution is 2.25. The Morgan fingerprint density at radius 1 is 0.800 bits per heavy atom. The molecule has 2 heterocycles. The summed E-state index contributed by atoms with van der Waals surface area (Å²) in [5.74, 6) is -0.795. The highest BCUT2D eigenvalue weighted by atomic mass is 19.1. The lowest BCUT2D eigenvalue weighted by molar-refractivity contribution is 0.0980. The Kier molecular flexibility index (Phi) is 8.03. The van der Waals surface area contributed by atoms with Gasteiger partial charge < -0.3 is 14.6 Å². The smallest absolute Gasteiger partial charge is 0.193 e. The molecule has 0 aliphatic carbocycles. The fourth-order valence-electron chi connectivity index (χ4n) is 5.07. The van der Waals surface area contributed by atoms with Crippen molar-refractivity contribution < 1.29 is 23.9 Å². The molecule has 0 atom stereocenters. The largest absolute Gasteiger partial charge is 0.393 e. The molecule has 4 aromatic rings. The minimum atomic E-state index is -0.446. The molecule has 7 heteroatoms. The first-order valence-electron chi connectivity index (χ1n) is 13.4. The maximum atomic E-state index is 14.8. The van der Waals surface area contributed by atoms with Crippen molar-refractivity contribution in [1.29, 1.82) is 0 Å². The molecule has 0 radical (unpaired) electrons. The van der Waals surface area contributed by atoms with E-state index in [1.54, 1.807) is 71.3 Å². The molecule has 1 saturated heterocycles. The number of halogens is 1. The summed E-state index contributed by atoms with van der Waals surface area (Å²) < 4.78 is 16.6. The standard InChI is InChI=1S/C33H31FN2O4/c1-35-16-2-3-30(35)32(39)20-23-6-10-25(11-7-23)33(40)24-8-4-22(5-9-24)19-31(38)26-12-13-29(28(34)21-26)36-17-14-27(37)15-18-36/h2-13,16,21,27,37H,14-15,17-20H2,1H3. The van der Waals surface area contributed by atoms with Gasteiger partial charge in [0.25, 0.3) is 0 Å². The number of nitrogens with zero attached hydrogens (tertiary/aromatic N) is 2. The van der Waals surface area contributed by atoms with Crippen LogP contribution in [0, 0.1) is 5.82 Å². The second-order valence-corrected chi connectivity index (χ2v) is 10.3. The van der Waals surface area contributed by atoms with Crippen LogP contribution in [0.25, 0.3) is 0 Å². The van der Waals surface area contributed by atoms with Crippen LogP contribution in [0.5, 0.6) is 0 Å². The highest BCUT2D eigenvalue weighted by molar-refractivity contribution is 6.09. The number of aryl methyl sites for hydroxylation is 1. The molecule has 6 nitrogen and oxygen atoms in total. The predicted octanol–water partition coefficient (Wildman–Crippen LogP) is 5.21. The van der Waals surface area contributed by atoms with E-state index in [-0.39, 0.29) is 36.3 Å². The van der Waals surface area contributed by atoms with Crippen molar-refractivity contribution >= 4 is 23.0 Å². The zero-order chi connectivity index (χ0) is 28.2. The van der Waals surface area contributed by atoms with Gasteiger partial charge in [0.15, 0.2) is 17.3 Å². The van der Waals surface area contributed by atoms with Crippen LogP contribution in [0.2, 0.25) is 0 Å². The number of rotatable bonds is 9. The quantitative estimate of drug-likeness (QED) is 0.296. The molecule has 204 valence electrons. The maximum Gasteiger partial charge on any atom is 0.193 e. The number of aromatic nitrogens is 1. The molecule has 1 aliphatic heterocycles. The number of piperidine rings is 1. The molecule has 5 rings (SSSR count). The minimum Gasteiger partial charge on any atom is -0.393 e. The second-order valence-electron chi connectivity index (χ2n) is 10.3. The summed E-state index contributed by atoms with van der Waals surface area (Å²) in [4.78, 5) is 40.2. The van der Waals surface area contributed by atoms with Crippen LogP contribution in [0.15, 0.2) is 85.1 Å². The Morgan fingerprint density at radius 2 is 1.35 bits per heavy atom. The molecule has 0 saturated carbocycles. The molecule has 1 aromatic heterocycles. The number of hydrogen-bond acceptors (Lipinski definition) is 5. The molecular weight excluding hydrogens is 507 g/mol. The number of ketones is 3. The van der Waals surface area contributed by atoms with Crippen molar-refractivity contribution in [3.63, 3.8) is 0 Å². The first kappa shape index (κ1) is 27.2. The second kappa shape index (κ2) is 11.8. The van der Waals surface area contributed by atoms with Gasteiger partial charge in [-0.2, -0.15) is 0 Å². The summed E-state index contributed by atoms with van der Waals surface area (Å²) in [5.41, 5.74) is 3.94. The molecule has 1 fully saturated rings. The van der Waals surface area contributed by atoms with Gasteiger partial charge in [-0.1, -0.05) is 48.5 Å². The molecule has 0 spiro atoms. The van der Waals surface area contributed by atoms with E-state index >= 15 is 0 Å². The molecule has 0 amide bonds. The van der Waals surface area contributed by atoms with Gasteiger partial charge in [0.2, 0.25) is 0 Å². The van der Waals surface area contributed by atoms with E-state index in [1.165, 1.54) is 6.07 Å². The monoisotopic (exact) mass is 538 g/mol. The zero-order valence-corrected chi connectivity index (χ0v) is 22.3. The van der Waals surface area contributed by atoms with Gasteiger partial charge in [0.05, 0.1) is 17.5 Å². The van der Waals surface area contributed by atoms with Crippen molar-refractivity contribution in [2.24, 2.45) is 7.05 Å². The summed E-state index contributed by atoms with van der Waals surface area (Å²) in [5, 5.41) is 9.68. The molecule has 1 aliphatic rings. The van der Waals surface area contributed by atoms with Crippen LogP contribution >= 0.6 is 0 Å². The van der Waals surface area contributed by atoms with Crippen LogP contribution in [0.1, 0.15) is 60.7 Å². The van der Waals surface area contributed by atoms with Crippen molar-refractivity contribution in [2.45, 2.75) is 31.8 Å². The Morgan fingerprint density at radius 3 is 1.88 bits per heavy atom. The summed E-state index contributed by atoms with van der Waals surface area (Å²) in [6.45, 7) is 1.16. The van der Waals surface area contributed by atoms with Crippen molar-refractivity contribution in [2.75, 3.05) is 18.0 Å². The fraction of sp³-hybridized carbons (Fsp3) is 0.242. The molecule has 3 aromatic carbocycles. The maximum absolute atomic E-state index is 14.8. The number of hydrogen-bond donors (Lipinski definition) is 1. The van der Waals surface area contributed by atoms with E-state index in [0.717, 1.165) is 11.1 Å². The van der Waals surface area contributed by atoms with E-state index in [2.05, 4.69) is 0 Å². The lowest BCUT2D eigenvalue weighted by Gasteiger charge is -2.31. The average Bonchev–Trinajstić information content (AvgIpc) is 3.40. The fourth-order valence-corrected chi connectivity index (χ4v) is 5.07.